The molecule has 1 N–H and O–H groups in total. The highest BCUT2D eigenvalue weighted by Crippen LogP contribution is 2.34. The average molecular weight is 231 g/mol. The number of rotatable bonds is 3. The fourth-order valence-electron chi connectivity index (χ4n) is 1.13. The highest BCUT2D eigenvalue weighted by Gasteiger charge is 2.43. The van der Waals surface area contributed by atoms with E-state index in [2.05, 4.69) is 21.4 Å². The second-order valence-electron chi connectivity index (χ2n) is 3.11. The summed E-state index contributed by atoms with van der Waals surface area (Å²) in [6, 6.07) is 0. The molecule has 1 rings (SSSR count). The number of amides is 1. The van der Waals surface area contributed by atoms with E-state index in [1.54, 1.807) is 0 Å². The van der Waals surface area contributed by atoms with Gasteiger partial charge in [-0.05, 0) is 13.0 Å². The molecule has 0 aromatic carbocycles. The van der Waals surface area contributed by atoms with Crippen molar-refractivity contribution < 1.29 is 23.0 Å². The van der Waals surface area contributed by atoms with Crippen molar-refractivity contribution in [2.75, 3.05) is 0 Å². The molecule has 16 heavy (non-hydrogen) atoms. The summed E-state index contributed by atoms with van der Waals surface area (Å²) in [6.07, 6.45) is -1.35. The van der Waals surface area contributed by atoms with Crippen LogP contribution in [0.3, 0.4) is 0 Å². The van der Waals surface area contributed by atoms with Gasteiger partial charge in [-0.25, -0.2) is 0 Å². The van der Waals surface area contributed by atoms with Gasteiger partial charge in [-0.1, -0.05) is 6.58 Å². The molecule has 6 heteroatoms. The first-order chi connectivity index (χ1) is 7.34. The lowest BCUT2D eigenvalue weighted by Gasteiger charge is -2.07. The second-order valence-corrected chi connectivity index (χ2v) is 3.11. The van der Waals surface area contributed by atoms with Crippen molar-refractivity contribution in [2.45, 2.75) is 20.1 Å². The third-order valence-electron chi connectivity index (χ3n) is 1.61. The monoisotopic (exact) mass is 231 g/mol. The zero-order valence-corrected chi connectivity index (χ0v) is 8.84. The van der Waals surface area contributed by atoms with Crippen molar-refractivity contribution >= 4 is 5.91 Å². The summed E-state index contributed by atoms with van der Waals surface area (Å²) in [4.78, 5) is 10.7. The minimum Gasteiger partial charge on any atom is -0.395 e. The van der Waals surface area contributed by atoms with Crippen LogP contribution in [0.15, 0.2) is 35.9 Å². The van der Waals surface area contributed by atoms with Crippen molar-refractivity contribution in [1.82, 2.24) is 5.32 Å². The molecule has 0 aromatic heterocycles. The van der Waals surface area contributed by atoms with Gasteiger partial charge < -0.3 is 14.8 Å². The molecule has 4 nitrogen and oxygen atoms in total. The van der Waals surface area contributed by atoms with E-state index in [9.17, 15) is 13.6 Å². The maximum Gasteiger partial charge on any atom is 0.586 e. The lowest BCUT2D eigenvalue weighted by molar-refractivity contribution is -0.335. The summed E-state index contributed by atoms with van der Waals surface area (Å²) < 4.78 is 33.8. The number of carbonyl (C=O) groups is 1. The first-order valence-electron chi connectivity index (χ1n) is 4.42. The van der Waals surface area contributed by atoms with Gasteiger partial charge >= 0.3 is 6.29 Å². The Morgan fingerprint density at radius 1 is 1.38 bits per heavy atom. The van der Waals surface area contributed by atoms with E-state index in [1.807, 2.05) is 0 Å². The van der Waals surface area contributed by atoms with E-state index in [4.69, 9.17) is 0 Å². The van der Waals surface area contributed by atoms with Gasteiger partial charge in [-0.2, -0.15) is 0 Å². The van der Waals surface area contributed by atoms with Crippen molar-refractivity contribution in [3.8, 4) is 0 Å². The lowest BCUT2D eigenvalue weighted by atomic mass is 10.3. The van der Waals surface area contributed by atoms with Crippen LogP contribution in [0.5, 0.6) is 0 Å². The van der Waals surface area contributed by atoms with Crippen LogP contribution in [-0.2, 0) is 14.3 Å². The van der Waals surface area contributed by atoms with E-state index in [1.165, 1.54) is 19.9 Å². The van der Waals surface area contributed by atoms with Crippen LogP contribution in [0.4, 0.5) is 8.78 Å². The number of halogens is 2. The molecule has 88 valence electrons. The summed E-state index contributed by atoms with van der Waals surface area (Å²) in [5.41, 5.74) is 0.364. The molecule has 0 unspecified atom stereocenters. The summed E-state index contributed by atoms with van der Waals surface area (Å²) >= 11 is 0. The van der Waals surface area contributed by atoms with Crippen LogP contribution in [-0.4, -0.2) is 12.2 Å². The van der Waals surface area contributed by atoms with E-state index >= 15 is 0 Å². The predicted molar refractivity (Wildman–Crippen MR) is 51.9 cm³/mol. The Hall–Kier alpha value is -1.85. The molecule has 1 aliphatic rings. The Morgan fingerprint density at radius 3 is 2.44 bits per heavy atom. The zero-order valence-electron chi connectivity index (χ0n) is 8.84. The Balaban J connectivity index is 2.87. The van der Waals surface area contributed by atoms with Gasteiger partial charge in [0.15, 0.2) is 11.5 Å². The van der Waals surface area contributed by atoms with Crippen LogP contribution in [0.25, 0.3) is 0 Å². The normalized spacial score (nSPS) is 18.9. The number of allylic oxidation sites excluding steroid dienone is 3. The standard InChI is InChI=1S/C10H11F2NO3/c1-4-8-9(16-10(11,12)15-8)5-6(2)13-7(3)14/h4-5H,1H2,2-3H3,(H,13,14)/b6-5+. The Kier molecular flexibility index (Phi) is 3.31. The topological polar surface area (TPSA) is 47.6 Å². The number of carbonyl (C=O) groups excluding carboxylic acids is 1. The summed E-state index contributed by atoms with van der Waals surface area (Å²) in [7, 11) is 0. The molecular weight excluding hydrogens is 220 g/mol. The molecule has 0 fully saturated rings. The molecule has 0 bridgehead atoms. The van der Waals surface area contributed by atoms with Gasteiger partial charge in [0.2, 0.25) is 5.91 Å². The van der Waals surface area contributed by atoms with Gasteiger partial charge in [0, 0.05) is 18.7 Å². The van der Waals surface area contributed by atoms with Gasteiger partial charge in [0.05, 0.1) is 0 Å². The fourth-order valence-corrected chi connectivity index (χ4v) is 1.13. The van der Waals surface area contributed by atoms with E-state index in [0.29, 0.717) is 5.70 Å². The molecule has 0 spiro atoms. The SMILES string of the molecule is C=CC1=C(/C=C(\C)NC(C)=O)OC(F)(F)O1. The number of nitrogens with one attached hydrogen (secondary N) is 1. The molecule has 1 amide bonds. The quantitative estimate of drug-likeness (QED) is 0.808. The van der Waals surface area contributed by atoms with E-state index < -0.39 is 6.29 Å². The molecule has 1 aliphatic heterocycles. The zero-order chi connectivity index (χ0) is 12.3. The second kappa shape index (κ2) is 4.34. The lowest BCUT2D eigenvalue weighted by Crippen LogP contribution is -2.18. The van der Waals surface area contributed by atoms with Gasteiger partial charge in [-0.3, -0.25) is 4.79 Å². The van der Waals surface area contributed by atoms with Crippen LogP contribution in [0.2, 0.25) is 0 Å². The Morgan fingerprint density at radius 2 is 1.94 bits per heavy atom. The van der Waals surface area contributed by atoms with Crippen molar-refractivity contribution in [1.29, 1.82) is 0 Å². The van der Waals surface area contributed by atoms with Crippen molar-refractivity contribution in [3.05, 3.63) is 35.9 Å². The first kappa shape index (κ1) is 12.2. The number of ether oxygens (including phenoxy) is 2. The van der Waals surface area contributed by atoms with Gasteiger partial charge in [0.25, 0.3) is 0 Å². The molecule has 0 atom stereocenters. The van der Waals surface area contributed by atoms with Crippen LogP contribution in [0.1, 0.15) is 13.8 Å². The van der Waals surface area contributed by atoms with Gasteiger partial charge in [0.1, 0.15) is 0 Å². The Labute approximate surface area is 91.2 Å². The predicted octanol–water partition coefficient (Wildman–Crippen LogP) is 2.02. The maximum absolute atomic E-state index is 12.7. The molecule has 0 saturated heterocycles. The van der Waals surface area contributed by atoms with E-state index in [-0.39, 0.29) is 17.4 Å². The third kappa shape index (κ3) is 3.08. The van der Waals surface area contributed by atoms with E-state index in [0.717, 1.165) is 6.08 Å². The molecule has 0 aliphatic carbocycles. The van der Waals surface area contributed by atoms with Crippen LogP contribution >= 0.6 is 0 Å². The summed E-state index contributed by atoms with van der Waals surface area (Å²) in [5, 5.41) is 2.41. The average Bonchev–Trinajstić information content (AvgIpc) is 2.38. The highest BCUT2D eigenvalue weighted by molar-refractivity contribution is 5.74. The maximum atomic E-state index is 12.7. The minimum absolute atomic E-state index is 0.172. The summed E-state index contributed by atoms with van der Waals surface area (Å²) in [6.45, 7) is 6.16. The largest absolute Gasteiger partial charge is 0.586 e. The van der Waals surface area contributed by atoms with Crippen LogP contribution < -0.4 is 5.32 Å². The smallest absolute Gasteiger partial charge is 0.395 e. The number of alkyl halides is 2. The van der Waals surface area contributed by atoms with Crippen LogP contribution in [0, 0.1) is 0 Å². The third-order valence-corrected chi connectivity index (χ3v) is 1.61. The molecule has 0 aromatic rings. The number of hydrogen-bond acceptors (Lipinski definition) is 3. The van der Waals surface area contributed by atoms with Gasteiger partial charge in [-0.15, -0.1) is 8.78 Å². The Bertz CT molecular complexity index is 386. The van der Waals surface area contributed by atoms with Crippen molar-refractivity contribution in [2.24, 2.45) is 0 Å². The molecular formula is C10H11F2NO3. The molecule has 0 saturated carbocycles. The van der Waals surface area contributed by atoms with Crippen molar-refractivity contribution in [3.63, 3.8) is 0 Å². The molecule has 0 radical (unpaired) electrons. The number of hydrogen-bond donors (Lipinski definition) is 1. The highest BCUT2D eigenvalue weighted by atomic mass is 19.3. The minimum atomic E-state index is -3.69. The molecule has 1 heterocycles. The summed E-state index contributed by atoms with van der Waals surface area (Å²) in [5.74, 6) is -0.652. The fraction of sp³-hybridized carbons (Fsp3) is 0.300. The first-order valence-corrected chi connectivity index (χ1v) is 4.42.